The second-order valence-corrected chi connectivity index (χ2v) is 6.21. The summed E-state index contributed by atoms with van der Waals surface area (Å²) in [6.45, 7) is 0.992. The van der Waals surface area contributed by atoms with Gasteiger partial charge in [-0.3, -0.25) is 9.69 Å². The van der Waals surface area contributed by atoms with Gasteiger partial charge in [0, 0.05) is 21.7 Å². The van der Waals surface area contributed by atoms with Crippen molar-refractivity contribution in [2.24, 2.45) is 0 Å². The van der Waals surface area contributed by atoms with Crippen molar-refractivity contribution in [1.29, 1.82) is 0 Å². The fraction of sp³-hybridized carbons (Fsp3) is 0.188. The van der Waals surface area contributed by atoms with Gasteiger partial charge in [-0.25, -0.2) is 0 Å². The third kappa shape index (κ3) is 5.50. The first-order valence-corrected chi connectivity index (χ1v) is 7.68. The molecule has 2 rings (SSSR count). The van der Waals surface area contributed by atoms with E-state index in [9.17, 15) is 4.79 Å². The minimum atomic E-state index is -0.0439. The maximum atomic E-state index is 12.0. The predicted octanol–water partition coefficient (Wildman–Crippen LogP) is 4.17. The maximum Gasteiger partial charge on any atom is 0.238 e. The van der Waals surface area contributed by atoms with Gasteiger partial charge in [0.2, 0.25) is 5.91 Å². The molecule has 0 saturated heterocycles. The van der Waals surface area contributed by atoms with E-state index in [1.54, 1.807) is 0 Å². The van der Waals surface area contributed by atoms with E-state index < -0.39 is 0 Å². The lowest BCUT2D eigenvalue weighted by molar-refractivity contribution is -0.117. The van der Waals surface area contributed by atoms with Crippen LogP contribution in [0.3, 0.4) is 0 Å². The van der Waals surface area contributed by atoms with Gasteiger partial charge in [0.05, 0.1) is 6.54 Å². The van der Waals surface area contributed by atoms with Gasteiger partial charge in [0.15, 0.2) is 0 Å². The molecule has 0 aliphatic carbocycles. The van der Waals surface area contributed by atoms with E-state index in [1.807, 2.05) is 60.5 Å². The lowest BCUT2D eigenvalue weighted by Crippen LogP contribution is -2.29. The zero-order chi connectivity index (χ0) is 15.2. The Bertz CT molecular complexity index is 633. The minimum Gasteiger partial charge on any atom is -0.325 e. The Morgan fingerprint density at radius 2 is 2.00 bits per heavy atom. The summed E-state index contributed by atoms with van der Waals surface area (Å²) in [6, 6.07) is 15.2. The van der Waals surface area contributed by atoms with Gasteiger partial charge in [-0.05, 0) is 42.9 Å². The first-order chi connectivity index (χ1) is 10.0. The number of hydrogen-bond donors (Lipinski definition) is 1. The Hall–Kier alpha value is -1.36. The zero-order valence-corrected chi connectivity index (χ0v) is 14.0. The molecular weight excluding hydrogens is 352 g/mol. The number of benzene rings is 2. The second-order valence-electron chi connectivity index (χ2n) is 4.86. The Balaban J connectivity index is 1.87. The van der Waals surface area contributed by atoms with Gasteiger partial charge in [0.25, 0.3) is 0 Å². The van der Waals surface area contributed by atoms with Crippen LogP contribution in [-0.4, -0.2) is 24.4 Å². The van der Waals surface area contributed by atoms with Crippen LogP contribution >= 0.6 is 27.5 Å². The Labute approximate surface area is 138 Å². The predicted molar refractivity (Wildman–Crippen MR) is 90.6 cm³/mol. The Morgan fingerprint density at radius 1 is 1.24 bits per heavy atom. The van der Waals surface area contributed by atoms with Gasteiger partial charge >= 0.3 is 0 Å². The van der Waals surface area contributed by atoms with Crippen LogP contribution in [0.25, 0.3) is 0 Å². The lowest BCUT2D eigenvalue weighted by atomic mass is 10.2. The topological polar surface area (TPSA) is 32.3 Å². The van der Waals surface area contributed by atoms with Crippen LogP contribution in [0.2, 0.25) is 5.02 Å². The molecule has 0 unspecified atom stereocenters. The molecule has 0 heterocycles. The van der Waals surface area contributed by atoms with E-state index in [2.05, 4.69) is 21.2 Å². The molecule has 0 aliphatic heterocycles. The molecule has 0 saturated carbocycles. The van der Waals surface area contributed by atoms with Crippen molar-refractivity contribution in [3.63, 3.8) is 0 Å². The molecule has 2 aromatic carbocycles. The van der Waals surface area contributed by atoms with E-state index in [0.29, 0.717) is 18.1 Å². The number of carbonyl (C=O) groups excluding carboxylic acids is 1. The number of anilines is 1. The molecule has 0 radical (unpaired) electrons. The molecule has 0 fully saturated rings. The largest absolute Gasteiger partial charge is 0.325 e. The van der Waals surface area contributed by atoms with E-state index in [1.165, 1.54) is 0 Å². The molecular formula is C16H16BrClN2O. The quantitative estimate of drug-likeness (QED) is 0.860. The number of nitrogens with one attached hydrogen (secondary N) is 1. The molecule has 2 aromatic rings. The van der Waals surface area contributed by atoms with Crippen molar-refractivity contribution < 1.29 is 4.79 Å². The highest BCUT2D eigenvalue weighted by Gasteiger charge is 2.08. The standard InChI is InChI=1S/C16H16BrClN2O/c1-20(10-12-4-2-6-14(18)8-12)11-16(21)19-15-7-3-5-13(17)9-15/h2-9H,10-11H2,1H3,(H,19,21). The third-order valence-electron chi connectivity index (χ3n) is 2.86. The Morgan fingerprint density at radius 3 is 2.71 bits per heavy atom. The number of halogens is 2. The molecule has 5 heteroatoms. The van der Waals surface area contributed by atoms with Crippen LogP contribution in [0.15, 0.2) is 53.0 Å². The molecule has 1 amide bonds. The highest BCUT2D eigenvalue weighted by Crippen LogP contribution is 2.16. The summed E-state index contributed by atoms with van der Waals surface area (Å²) in [4.78, 5) is 13.9. The van der Waals surface area contributed by atoms with Gasteiger partial charge in [0.1, 0.15) is 0 Å². The molecule has 0 aromatic heterocycles. The van der Waals surface area contributed by atoms with Crippen molar-refractivity contribution >= 4 is 39.1 Å². The van der Waals surface area contributed by atoms with Gasteiger partial charge in [-0.15, -0.1) is 0 Å². The van der Waals surface area contributed by atoms with Crippen LogP contribution in [0, 0.1) is 0 Å². The van der Waals surface area contributed by atoms with E-state index in [0.717, 1.165) is 15.7 Å². The SMILES string of the molecule is CN(CC(=O)Nc1cccc(Br)c1)Cc1cccc(Cl)c1. The number of hydrogen-bond acceptors (Lipinski definition) is 2. The average molecular weight is 368 g/mol. The fourth-order valence-corrected chi connectivity index (χ4v) is 2.63. The normalized spacial score (nSPS) is 10.7. The third-order valence-corrected chi connectivity index (χ3v) is 3.59. The number of nitrogens with zero attached hydrogens (tertiary/aromatic N) is 1. The van der Waals surface area contributed by atoms with Crippen molar-refractivity contribution in [3.05, 3.63) is 63.6 Å². The Kier molecular flexibility index (Phi) is 5.79. The summed E-state index contributed by atoms with van der Waals surface area (Å²) in [5.41, 5.74) is 1.87. The molecule has 1 N–H and O–H groups in total. The molecule has 110 valence electrons. The second kappa shape index (κ2) is 7.59. The van der Waals surface area contributed by atoms with Crippen molar-refractivity contribution in [2.45, 2.75) is 6.54 Å². The maximum absolute atomic E-state index is 12.0. The van der Waals surface area contributed by atoms with Crippen molar-refractivity contribution in [3.8, 4) is 0 Å². The van der Waals surface area contributed by atoms with Crippen molar-refractivity contribution in [2.75, 3.05) is 18.9 Å². The van der Waals surface area contributed by atoms with Crippen LogP contribution in [0.5, 0.6) is 0 Å². The molecule has 0 bridgehead atoms. The molecule has 0 spiro atoms. The molecule has 3 nitrogen and oxygen atoms in total. The van der Waals surface area contributed by atoms with Crippen LogP contribution in [-0.2, 0) is 11.3 Å². The lowest BCUT2D eigenvalue weighted by Gasteiger charge is -2.16. The highest BCUT2D eigenvalue weighted by atomic mass is 79.9. The summed E-state index contributed by atoms with van der Waals surface area (Å²) in [7, 11) is 1.90. The number of carbonyl (C=O) groups is 1. The number of rotatable bonds is 5. The monoisotopic (exact) mass is 366 g/mol. The minimum absolute atomic E-state index is 0.0439. The number of likely N-dealkylation sites (N-methyl/N-ethyl adjacent to an activating group) is 1. The zero-order valence-electron chi connectivity index (χ0n) is 11.6. The summed E-state index contributed by atoms with van der Waals surface area (Å²) < 4.78 is 0.938. The first-order valence-electron chi connectivity index (χ1n) is 6.51. The number of amides is 1. The van der Waals surface area contributed by atoms with E-state index in [4.69, 9.17) is 11.6 Å². The van der Waals surface area contributed by atoms with Gasteiger partial charge in [-0.1, -0.05) is 45.7 Å². The average Bonchev–Trinajstić information content (AvgIpc) is 2.38. The van der Waals surface area contributed by atoms with Crippen molar-refractivity contribution in [1.82, 2.24) is 4.90 Å². The van der Waals surface area contributed by atoms with Gasteiger partial charge < -0.3 is 5.32 Å². The molecule has 0 aliphatic rings. The summed E-state index contributed by atoms with van der Waals surface area (Å²) in [5.74, 6) is -0.0439. The molecule has 21 heavy (non-hydrogen) atoms. The molecule has 0 atom stereocenters. The van der Waals surface area contributed by atoms with Crippen LogP contribution in [0.1, 0.15) is 5.56 Å². The summed E-state index contributed by atoms with van der Waals surface area (Å²) in [5, 5.41) is 3.58. The first kappa shape index (κ1) is 16.0. The van der Waals surface area contributed by atoms with E-state index in [-0.39, 0.29) is 5.91 Å². The van der Waals surface area contributed by atoms with Gasteiger partial charge in [-0.2, -0.15) is 0 Å². The smallest absolute Gasteiger partial charge is 0.238 e. The van der Waals surface area contributed by atoms with Crippen LogP contribution < -0.4 is 5.32 Å². The summed E-state index contributed by atoms with van der Waals surface area (Å²) >= 11 is 9.33. The van der Waals surface area contributed by atoms with E-state index >= 15 is 0 Å². The van der Waals surface area contributed by atoms with Crippen LogP contribution in [0.4, 0.5) is 5.69 Å². The highest BCUT2D eigenvalue weighted by molar-refractivity contribution is 9.10. The fourth-order valence-electron chi connectivity index (χ4n) is 2.01. The summed E-state index contributed by atoms with van der Waals surface area (Å²) in [6.07, 6.45) is 0.